The lowest BCUT2D eigenvalue weighted by Gasteiger charge is -2.17. The number of para-hydroxylation sites is 1. The van der Waals surface area contributed by atoms with Gasteiger partial charge in [-0.05, 0) is 44.5 Å². The Balaban J connectivity index is 2.13. The molecule has 2 nitrogen and oxygen atoms in total. The van der Waals surface area contributed by atoms with Crippen LogP contribution in [-0.2, 0) is 11.0 Å². The first-order valence-corrected chi connectivity index (χ1v) is 8.27. The summed E-state index contributed by atoms with van der Waals surface area (Å²) >= 11 is 1.33. The summed E-state index contributed by atoms with van der Waals surface area (Å²) in [4.78, 5) is 13.2. The fraction of sp³-hybridized carbons (Fsp3) is 0.278. The second-order valence-electron chi connectivity index (χ2n) is 5.56. The largest absolute Gasteiger partial charge is 0.418 e. The third-order valence-electron chi connectivity index (χ3n) is 3.49. The lowest BCUT2D eigenvalue weighted by Crippen LogP contribution is -2.24. The molecule has 0 radical (unpaired) electrons. The number of nitrogens with one attached hydrogen (secondary N) is 1. The lowest BCUT2D eigenvalue weighted by atomic mass is 10.1. The first kappa shape index (κ1) is 18.4. The number of halogens is 3. The molecule has 0 heterocycles. The van der Waals surface area contributed by atoms with Gasteiger partial charge >= 0.3 is 6.18 Å². The van der Waals surface area contributed by atoms with E-state index in [-0.39, 0.29) is 5.69 Å². The Labute approximate surface area is 143 Å². The van der Waals surface area contributed by atoms with E-state index in [0.717, 1.165) is 22.1 Å². The highest BCUT2D eigenvalue weighted by atomic mass is 32.2. The van der Waals surface area contributed by atoms with Crippen molar-refractivity contribution in [3.8, 4) is 0 Å². The molecule has 1 atom stereocenters. The first-order valence-electron chi connectivity index (χ1n) is 7.39. The number of aryl methyl sites for hydroxylation is 2. The zero-order chi connectivity index (χ0) is 17.9. The quantitative estimate of drug-likeness (QED) is 0.742. The van der Waals surface area contributed by atoms with E-state index in [0.29, 0.717) is 0 Å². The van der Waals surface area contributed by atoms with E-state index in [1.807, 2.05) is 32.0 Å². The number of amides is 1. The molecule has 6 heteroatoms. The van der Waals surface area contributed by atoms with Crippen LogP contribution >= 0.6 is 11.8 Å². The van der Waals surface area contributed by atoms with Gasteiger partial charge in [-0.3, -0.25) is 4.79 Å². The van der Waals surface area contributed by atoms with Crippen LogP contribution in [-0.4, -0.2) is 11.2 Å². The molecule has 2 aromatic rings. The Hall–Kier alpha value is -1.95. The molecule has 1 unspecified atom stereocenters. The highest BCUT2D eigenvalue weighted by molar-refractivity contribution is 8.00. The van der Waals surface area contributed by atoms with Gasteiger partial charge in [-0.2, -0.15) is 13.2 Å². The molecule has 0 saturated heterocycles. The number of hydrogen-bond donors (Lipinski definition) is 1. The Bertz CT molecular complexity index is 743. The molecule has 0 aliphatic carbocycles. The molecule has 2 aromatic carbocycles. The van der Waals surface area contributed by atoms with E-state index in [2.05, 4.69) is 5.32 Å². The molecule has 0 aromatic heterocycles. The van der Waals surface area contributed by atoms with Gasteiger partial charge in [0, 0.05) is 4.90 Å². The Morgan fingerprint density at radius 3 is 2.42 bits per heavy atom. The maximum atomic E-state index is 13.0. The van der Waals surface area contributed by atoms with Crippen molar-refractivity contribution in [1.82, 2.24) is 0 Å². The number of carbonyl (C=O) groups excluding carboxylic acids is 1. The summed E-state index contributed by atoms with van der Waals surface area (Å²) in [6.07, 6.45) is -4.51. The zero-order valence-corrected chi connectivity index (χ0v) is 14.4. The molecule has 1 N–H and O–H groups in total. The maximum Gasteiger partial charge on any atom is 0.418 e. The van der Waals surface area contributed by atoms with Crippen molar-refractivity contribution in [2.45, 2.75) is 37.1 Å². The molecular weight excluding hydrogens is 335 g/mol. The van der Waals surface area contributed by atoms with E-state index in [4.69, 9.17) is 0 Å². The van der Waals surface area contributed by atoms with Crippen LogP contribution in [0.2, 0.25) is 0 Å². The summed E-state index contributed by atoms with van der Waals surface area (Å²) in [5.74, 6) is -0.461. The van der Waals surface area contributed by atoms with Gasteiger partial charge in [0.05, 0.1) is 16.5 Å². The molecule has 0 aliphatic rings. The Morgan fingerprint density at radius 1 is 1.12 bits per heavy atom. The van der Waals surface area contributed by atoms with Gasteiger partial charge in [0.15, 0.2) is 0 Å². The van der Waals surface area contributed by atoms with Crippen molar-refractivity contribution >= 4 is 23.4 Å². The topological polar surface area (TPSA) is 29.1 Å². The second-order valence-corrected chi connectivity index (χ2v) is 6.94. The molecule has 0 saturated carbocycles. The monoisotopic (exact) mass is 353 g/mol. The maximum absolute atomic E-state index is 13.0. The van der Waals surface area contributed by atoms with E-state index < -0.39 is 22.9 Å². The van der Waals surface area contributed by atoms with Gasteiger partial charge < -0.3 is 5.32 Å². The van der Waals surface area contributed by atoms with Crippen molar-refractivity contribution < 1.29 is 18.0 Å². The van der Waals surface area contributed by atoms with E-state index in [1.54, 1.807) is 6.92 Å². The number of hydrogen-bond acceptors (Lipinski definition) is 2. The second kappa shape index (κ2) is 7.30. The van der Waals surface area contributed by atoms with Crippen LogP contribution in [0, 0.1) is 13.8 Å². The van der Waals surface area contributed by atoms with Crippen molar-refractivity contribution in [3.63, 3.8) is 0 Å². The predicted octanol–water partition coefficient (Wildman–Crippen LogP) is 5.44. The van der Waals surface area contributed by atoms with Crippen LogP contribution in [0.15, 0.2) is 47.4 Å². The number of rotatable bonds is 4. The summed E-state index contributed by atoms with van der Waals surface area (Å²) in [6, 6.07) is 10.8. The number of anilines is 1. The van der Waals surface area contributed by atoms with Gasteiger partial charge in [0.1, 0.15) is 0 Å². The highest BCUT2D eigenvalue weighted by Gasteiger charge is 2.33. The molecule has 0 aliphatic heterocycles. The molecule has 24 heavy (non-hydrogen) atoms. The molecular formula is C18H18F3NOS. The van der Waals surface area contributed by atoms with E-state index >= 15 is 0 Å². The van der Waals surface area contributed by atoms with Crippen LogP contribution in [0.4, 0.5) is 18.9 Å². The number of alkyl halides is 3. The standard InChI is InChI=1S/C18H18F3NOS/c1-11-8-9-16(12(2)10-11)24-13(3)17(23)22-15-7-5-4-6-14(15)18(19,20)21/h4-10,13H,1-3H3,(H,22,23). The van der Waals surface area contributed by atoms with Gasteiger partial charge in [-0.1, -0.05) is 29.8 Å². The number of thioether (sulfide) groups is 1. The Morgan fingerprint density at radius 2 is 1.79 bits per heavy atom. The fourth-order valence-electron chi connectivity index (χ4n) is 2.25. The normalized spacial score (nSPS) is 12.8. The highest BCUT2D eigenvalue weighted by Crippen LogP contribution is 2.35. The minimum absolute atomic E-state index is 0.219. The summed E-state index contributed by atoms with van der Waals surface area (Å²) in [5, 5.41) is 1.87. The number of carbonyl (C=O) groups is 1. The van der Waals surface area contributed by atoms with Crippen molar-refractivity contribution in [1.29, 1.82) is 0 Å². The first-order chi connectivity index (χ1) is 11.2. The van der Waals surface area contributed by atoms with Crippen molar-refractivity contribution in [3.05, 3.63) is 59.2 Å². The minimum Gasteiger partial charge on any atom is -0.325 e. The Kier molecular flexibility index (Phi) is 5.59. The molecule has 0 spiro atoms. The van der Waals surface area contributed by atoms with Crippen LogP contribution in [0.25, 0.3) is 0 Å². The lowest BCUT2D eigenvalue weighted by molar-refractivity contribution is -0.137. The SMILES string of the molecule is Cc1ccc(SC(C)C(=O)Nc2ccccc2C(F)(F)F)c(C)c1. The van der Waals surface area contributed by atoms with Crippen LogP contribution in [0.3, 0.4) is 0 Å². The smallest absolute Gasteiger partial charge is 0.325 e. The van der Waals surface area contributed by atoms with E-state index in [1.165, 1.54) is 30.0 Å². The van der Waals surface area contributed by atoms with Crippen LogP contribution in [0.5, 0.6) is 0 Å². The zero-order valence-electron chi connectivity index (χ0n) is 13.6. The molecule has 0 bridgehead atoms. The van der Waals surface area contributed by atoms with Crippen LogP contribution < -0.4 is 5.32 Å². The minimum atomic E-state index is -4.51. The number of benzene rings is 2. The van der Waals surface area contributed by atoms with Gasteiger partial charge in [-0.15, -0.1) is 11.8 Å². The molecule has 1 amide bonds. The van der Waals surface area contributed by atoms with Crippen molar-refractivity contribution in [2.24, 2.45) is 0 Å². The summed E-state index contributed by atoms with van der Waals surface area (Å²) in [5.41, 5.74) is 1.09. The van der Waals surface area contributed by atoms with Gasteiger partial charge in [0.25, 0.3) is 0 Å². The molecule has 0 fully saturated rings. The predicted molar refractivity (Wildman–Crippen MR) is 91.3 cm³/mol. The average molecular weight is 353 g/mol. The van der Waals surface area contributed by atoms with Gasteiger partial charge in [-0.25, -0.2) is 0 Å². The van der Waals surface area contributed by atoms with Gasteiger partial charge in [0.2, 0.25) is 5.91 Å². The van der Waals surface area contributed by atoms with E-state index in [9.17, 15) is 18.0 Å². The van der Waals surface area contributed by atoms with Crippen LogP contribution in [0.1, 0.15) is 23.6 Å². The van der Waals surface area contributed by atoms with Crippen molar-refractivity contribution in [2.75, 3.05) is 5.32 Å². The summed E-state index contributed by atoms with van der Waals surface area (Å²) in [7, 11) is 0. The molecule has 2 rings (SSSR count). The molecule has 128 valence electrons. The third-order valence-corrected chi connectivity index (χ3v) is 4.77. The summed E-state index contributed by atoms with van der Waals surface area (Å²) in [6.45, 7) is 5.60. The summed E-state index contributed by atoms with van der Waals surface area (Å²) < 4.78 is 38.9. The fourth-order valence-corrected chi connectivity index (χ4v) is 3.19. The average Bonchev–Trinajstić information content (AvgIpc) is 2.49. The third kappa shape index (κ3) is 4.54.